The number of likely N-dealkylation sites (tertiary alicyclic amines) is 1. The maximum Gasteiger partial charge on any atom is 0.277 e. The molecule has 0 unspecified atom stereocenters. The van der Waals surface area contributed by atoms with Crippen LogP contribution in [0.1, 0.15) is 31.8 Å². The molecule has 1 aliphatic heterocycles. The van der Waals surface area contributed by atoms with Crippen molar-refractivity contribution in [3.63, 3.8) is 0 Å². The van der Waals surface area contributed by atoms with Gasteiger partial charge in [0, 0.05) is 24.7 Å². The first-order chi connectivity index (χ1) is 16.5. The van der Waals surface area contributed by atoms with Gasteiger partial charge < -0.3 is 19.4 Å². The minimum Gasteiger partial charge on any atom is -0.478 e. The first-order valence-electron chi connectivity index (χ1n) is 11.0. The van der Waals surface area contributed by atoms with Crippen LogP contribution in [0.25, 0.3) is 0 Å². The van der Waals surface area contributed by atoms with Crippen LogP contribution in [-0.2, 0) is 9.59 Å². The van der Waals surface area contributed by atoms with E-state index < -0.39 is 11.9 Å². The number of rotatable bonds is 8. The number of carbonyl (C=O) groups excluding carboxylic acids is 2. The van der Waals surface area contributed by atoms with E-state index in [2.05, 4.69) is 15.5 Å². The molecule has 10 heteroatoms. The highest BCUT2D eigenvalue weighted by molar-refractivity contribution is 7.99. The first kappa shape index (κ1) is 23.7. The van der Waals surface area contributed by atoms with Gasteiger partial charge in [0.25, 0.3) is 11.1 Å². The van der Waals surface area contributed by atoms with Gasteiger partial charge in [0.2, 0.25) is 11.8 Å². The summed E-state index contributed by atoms with van der Waals surface area (Å²) in [7, 11) is 0. The molecular formula is C24H25FN4O4S. The Labute approximate surface area is 200 Å². The van der Waals surface area contributed by atoms with Crippen molar-refractivity contribution in [2.75, 3.05) is 24.2 Å². The predicted octanol–water partition coefficient (Wildman–Crippen LogP) is 4.32. The fourth-order valence-electron chi connectivity index (χ4n) is 3.60. The summed E-state index contributed by atoms with van der Waals surface area (Å²) in [6.07, 6.45) is 0.588. The van der Waals surface area contributed by atoms with Crippen LogP contribution in [0.15, 0.2) is 64.2 Å². The number of thioether (sulfide) groups is 1. The lowest BCUT2D eigenvalue weighted by Crippen LogP contribution is -2.42. The molecular weight excluding hydrogens is 459 g/mol. The Morgan fingerprint density at radius 2 is 1.85 bits per heavy atom. The number of nitrogens with zero attached hydrogens (tertiary/aromatic N) is 3. The normalized spacial score (nSPS) is 15.1. The van der Waals surface area contributed by atoms with Crippen LogP contribution in [-0.4, -0.2) is 45.8 Å². The zero-order valence-electron chi connectivity index (χ0n) is 18.6. The lowest BCUT2D eigenvalue weighted by molar-refractivity contribution is -0.132. The van der Waals surface area contributed by atoms with E-state index >= 15 is 0 Å². The van der Waals surface area contributed by atoms with Crippen molar-refractivity contribution in [2.45, 2.75) is 31.1 Å². The SMILES string of the molecule is C[C@H](Oc1ccccc1F)c1nnc(SCC(=O)N2CCC(C(=O)Nc3ccccc3)CC2)o1. The Bertz CT molecular complexity index is 1120. The molecule has 2 aromatic carbocycles. The highest BCUT2D eigenvalue weighted by Crippen LogP contribution is 2.26. The average Bonchev–Trinajstić information content (AvgIpc) is 3.34. The molecule has 8 nitrogen and oxygen atoms in total. The van der Waals surface area contributed by atoms with Crippen molar-refractivity contribution in [2.24, 2.45) is 5.92 Å². The maximum absolute atomic E-state index is 13.8. The number of hydrogen-bond donors (Lipinski definition) is 1. The highest BCUT2D eigenvalue weighted by atomic mass is 32.2. The van der Waals surface area contributed by atoms with Gasteiger partial charge in [-0.1, -0.05) is 42.1 Å². The molecule has 0 aliphatic carbocycles. The van der Waals surface area contributed by atoms with E-state index in [0.29, 0.717) is 25.9 Å². The van der Waals surface area contributed by atoms with Crippen LogP contribution < -0.4 is 10.1 Å². The molecule has 1 fully saturated rings. The molecule has 1 saturated heterocycles. The standard InChI is InChI=1S/C24H25FN4O4S/c1-16(32-20-10-6-5-9-19(20)25)23-27-28-24(33-23)34-15-21(30)29-13-11-17(12-14-29)22(31)26-18-7-3-2-4-8-18/h2-10,16-17H,11-15H2,1H3,(H,26,31)/t16-/m0/s1. The predicted molar refractivity (Wildman–Crippen MR) is 125 cm³/mol. The molecule has 1 atom stereocenters. The first-order valence-corrected chi connectivity index (χ1v) is 12.0. The highest BCUT2D eigenvalue weighted by Gasteiger charge is 2.28. The third-order valence-electron chi connectivity index (χ3n) is 5.49. The maximum atomic E-state index is 13.8. The fraction of sp³-hybridized carbons (Fsp3) is 0.333. The summed E-state index contributed by atoms with van der Waals surface area (Å²) in [5.74, 6) is -0.228. The molecule has 1 N–H and O–H groups in total. The second-order valence-corrected chi connectivity index (χ2v) is 8.82. The van der Waals surface area contributed by atoms with Crippen molar-refractivity contribution >= 4 is 29.3 Å². The summed E-state index contributed by atoms with van der Waals surface area (Å²) in [6, 6.07) is 15.4. The Kier molecular flexibility index (Phi) is 7.79. The average molecular weight is 485 g/mol. The topological polar surface area (TPSA) is 97.6 Å². The van der Waals surface area contributed by atoms with Gasteiger partial charge in [0.05, 0.1) is 5.75 Å². The van der Waals surface area contributed by atoms with Crippen LogP contribution >= 0.6 is 11.8 Å². The van der Waals surface area contributed by atoms with E-state index in [-0.39, 0.29) is 40.3 Å². The largest absolute Gasteiger partial charge is 0.478 e. The minimum atomic E-state index is -0.643. The summed E-state index contributed by atoms with van der Waals surface area (Å²) in [4.78, 5) is 26.8. The van der Waals surface area contributed by atoms with Crippen LogP contribution in [0.5, 0.6) is 5.75 Å². The van der Waals surface area contributed by atoms with Gasteiger partial charge in [-0.25, -0.2) is 4.39 Å². The molecule has 1 aromatic heterocycles. The molecule has 0 bridgehead atoms. The third-order valence-corrected chi connectivity index (χ3v) is 6.29. The van der Waals surface area contributed by atoms with Crippen LogP contribution in [0.4, 0.5) is 10.1 Å². The Hall–Kier alpha value is -3.40. The van der Waals surface area contributed by atoms with Gasteiger partial charge in [0.1, 0.15) is 0 Å². The molecule has 34 heavy (non-hydrogen) atoms. The van der Waals surface area contributed by atoms with Crippen molar-refractivity contribution < 1.29 is 23.1 Å². The van der Waals surface area contributed by atoms with Gasteiger partial charge in [-0.3, -0.25) is 9.59 Å². The number of benzene rings is 2. The van der Waals surface area contributed by atoms with Crippen molar-refractivity contribution in [1.29, 1.82) is 0 Å². The van der Waals surface area contributed by atoms with Gasteiger partial charge in [-0.05, 0) is 44.0 Å². The van der Waals surface area contributed by atoms with Crippen molar-refractivity contribution in [3.8, 4) is 5.75 Å². The number of piperidine rings is 1. The van der Waals surface area contributed by atoms with Gasteiger partial charge >= 0.3 is 0 Å². The summed E-state index contributed by atoms with van der Waals surface area (Å²) < 4.78 is 24.9. The Morgan fingerprint density at radius 1 is 1.15 bits per heavy atom. The summed E-state index contributed by atoms with van der Waals surface area (Å²) >= 11 is 1.14. The third kappa shape index (κ3) is 6.13. The molecule has 3 aromatic rings. The number of hydrogen-bond acceptors (Lipinski definition) is 7. The summed E-state index contributed by atoms with van der Waals surface area (Å²) in [5, 5.41) is 11.1. The quantitative estimate of drug-likeness (QED) is 0.476. The molecule has 0 saturated carbocycles. The number of nitrogens with one attached hydrogen (secondary N) is 1. The zero-order chi connectivity index (χ0) is 23.9. The number of anilines is 1. The number of para-hydroxylation sites is 2. The molecule has 2 amide bonds. The summed E-state index contributed by atoms with van der Waals surface area (Å²) in [5.41, 5.74) is 0.773. The number of halogens is 1. The smallest absolute Gasteiger partial charge is 0.277 e. The van der Waals surface area contributed by atoms with Gasteiger partial charge in [-0.2, -0.15) is 0 Å². The molecule has 178 valence electrons. The molecule has 1 aliphatic rings. The summed E-state index contributed by atoms with van der Waals surface area (Å²) in [6.45, 7) is 2.72. The van der Waals surface area contributed by atoms with E-state index in [9.17, 15) is 14.0 Å². The second kappa shape index (κ2) is 11.1. The zero-order valence-corrected chi connectivity index (χ0v) is 19.5. The van der Waals surface area contributed by atoms with Crippen molar-refractivity contribution in [3.05, 3.63) is 66.3 Å². The second-order valence-electron chi connectivity index (χ2n) is 7.90. The molecule has 4 rings (SSSR count). The lowest BCUT2D eigenvalue weighted by Gasteiger charge is -2.31. The number of amides is 2. The number of aromatic nitrogens is 2. The fourth-order valence-corrected chi connectivity index (χ4v) is 4.27. The van der Waals surface area contributed by atoms with Crippen LogP contribution in [0, 0.1) is 11.7 Å². The minimum absolute atomic E-state index is 0.0159. The molecule has 0 radical (unpaired) electrons. The number of carbonyl (C=O) groups is 2. The van der Waals surface area contributed by atoms with Crippen LogP contribution in [0.2, 0.25) is 0 Å². The van der Waals surface area contributed by atoms with E-state index in [1.165, 1.54) is 12.1 Å². The number of ether oxygens (including phenoxy) is 1. The Morgan fingerprint density at radius 3 is 2.59 bits per heavy atom. The molecule has 0 spiro atoms. The van der Waals surface area contributed by atoms with Crippen molar-refractivity contribution in [1.82, 2.24) is 15.1 Å². The van der Waals surface area contributed by atoms with Gasteiger partial charge in [-0.15, -0.1) is 10.2 Å². The van der Waals surface area contributed by atoms with E-state index in [1.807, 2.05) is 30.3 Å². The Balaban J connectivity index is 1.21. The van der Waals surface area contributed by atoms with E-state index in [1.54, 1.807) is 24.0 Å². The lowest BCUT2D eigenvalue weighted by atomic mass is 9.96. The van der Waals surface area contributed by atoms with Crippen LogP contribution in [0.3, 0.4) is 0 Å². The molecule has 2 heterocycles. The monoisotopic (exact) mass is 484 g/mol. The van der Waals surface area contributed by atoms with E-state index in [0.717, 1.165) is 17.4 Å². The van der Waals surface area contributed by atoms with Gasteiger partial charge in [0.15, 0.2) is 17.7 Å². The van der Waals surface area contributed by atoms with E-state index in [4.69, 9.17) is 9.15 Å².